The molecule has 1 aliphatic carbocycles. The first-order chi connectivity index (χ1) is 7.85. The highest BCUT2D eigenvalue weighted by molar-refractivity contribution is 8.01. The van der Waals surface area contributed by atoms with Gasteiger partial charge in [-0.05, 0) is 18.8 Å². The summed E-state index contributed by atoms with van der Waals surface area (Å²) in [6, 6.07) is -0.891. The fraction of sp³-hybridized carbons (Fsp3) is 0.900. The lowest BCUT2D eigenvalue weighted by molar-refractivity contribution is -0.140. The molecule has 0 bridgehead atoms. The molecular weight excluding hydrogens is 262 g/mol. The van der Waals surface area contributed by atoms with Gasteiger partial charge in [-0.1, -0.05) is 13.8 Å². The lowest BCUT2D eigenvalue weighted by Gasteiger charge is -2.28. The first-order valence-corrected chi connectivity index (χ1v) is 8.27. The third kappa shape index (κ3) is 2.32. The molecule has 1 aliphatic heterocycles. The first kappa shape index (κ1) is 13.2. The Morgan fingerprint density at radius 1 is 1.41 bits per heavy atom. The highest BCUT2D eigenvalue weighted by Crippen LogP contribution is 2.41. The summed E-state index contributed by atoms with van der Waals surface area (Å²) in [7, 11) is -3.42. The fourth-order valence-electron chi connectivity index (χ4n) is 2.04. The summed E-state index contributed by atoms with van der Waals surface area (Å²) < 4.78 is 25.8. The van der Waals surface area contributed by atoms with E-state index in [1.54, 1.807) is 0 Å². The molecule has 2 aliphatic rings. The summed E-state index contributed by atoms with van der Waals surface area (Å²) in [4.78, 5) is 11.2. The van der Waals surface area contributed by atoms with E-state index in [1.807, 2.05) is 13.8 Å². The van der Waals surface area contributed by atoms with Crippen molar-refractivity contribution in [2.45, 2.75) is 43.4 Å². The summed E-state index contributed by atoms with van der Waals surface area (Å²) in [5.74, 6) is -0.563. The maximum absolute atomic E-state index is 12.3. The summed E-state index contributed by atoms with van der Waals surface area (Å²) in [5, 5.41) is 8.55. The predicted molar refractivity (Wildman–Crippen MR) is 66.3 cm³/mol. The number of hydrogen-bond donors (Lipinski definition) is 1. The third-order valence-corrected chi connectivity index (χ3v) is 7.22. The summed E-state index contributed by atoms with van der Waals surface area (Å²) in [6.07, 6.45) is 1.33. The predicted octanol–water partition coefficient (Wildman–Crippen LogP) is 0.963. The standard InChI is InChI=1S/C10H17NO4S2/c1-6(2)9-11(8(5-16-9)10(12)13)17(14,15)7-3-4-7/h6-9H,3-5H2,1-2H3,(H,12,13). The molecule has 0 radical (unpaired) electrons. The Morgan fingerprint density at radius 3 is 2.41 bits per heavy atom. The Balaban J connectivity index is 2.32. The molecule has 2 unspecified atom stereocenters. The Labute approximate surface area is 106 Å². The van der Waals surface area contributed by atoms with E-state index in [0.29, 0.717) is 18.6 Å². The molecule has 1 saturated heterocycles. The summed E-state index contributed by atoms with van der Waals surface area (Å²) in [6.45, 7) is 3.86. The number of carbonyl (C=O) groups is 1. The van der Waals surface area contributed by atoms with Crippen LogP contribution in [0.1, 0.15) is 26.7 Å². The number of thioether (sulfide) groups is 1. The minimum Gasteiger partial charge on any atom is -0.480 e. The molecule has 5 nitrogen and oxygen atoms in total. The van der Waals surface area contributed by atoms with Crippen LogP contribution in [0.3, 0.4) is 0 Å². The van der Waals surface area contributed by atoms with Crippen LogP contribution in [0.25, 0.3) is 0 Å². The maximum atomic E-state index is 12.3. The molecule has 1 N–H and O–H groups in total. The van der Waals surface area contributed by atoms with Crippen molar-refractivity contribution in [2.75, 3.05) is 5.75 Å². The molecule has 1 saturated carbocycles. The number of hydrogen-bond acceptors (Lipinski definition) is 4. The Kier molecular flexibility index (Phi) is 3.44. The van der Waals surface area contributed by atoms with Gasteiger partial charge in [0, 0.05) is 5.75 Å². The Hall–Kier alpha value is -0.270. The van der Waals surface area contributed by atoms with Gasteiger partial charge in [-0.15, -0.1) is 11.8 Å². The van der Waals surface area contributed by atoms with Gasteiger partial charge in [0.15, 0.2) is 0 Å². The van der Waals surface area contributed by atoms with Gasteiger partial charge < -0.3 is 5.11 Å². The van der Waals surface area contributed by atoms with Crippen molar-refractivity contribution in [3.63, 3.8) is 0 Å². The number of rotatable bonds is 4. The molecule has 17 heavy (non-hydrogen) atoms. The topological polar surface area (TPSA) is 74.7 Å². The number of aliphatic carboxylic acids is 1. The zero-order valence-corrected chi connectivity index (χ0v) is 11.5. The largest absolute Gasteiger partial charge is 0.480 e. The van der Waals surface area contributed by atoms with Crippen molar-refractivity contribution >= 4 is 27.8 Å². The summed E-state index contributed by atoms with van der Waals surface area (Å²) in [5.41, 5.74) is 0. The molecule has 1 heterocycles. The highest BCUT2D eigenvalue weighted by Gasteiger charge is 2.51. The number of carboxylic acids is 1. The molecule has 2 fully saturated rings. The monoisotopic (exact) mass is 279 g/mol. The molecule has 2 rings (SSSR count). The fourth-order valence-corrected chi connectivity index (χ4v) is 6.17. The quantitative estimate of drug-likeness (QED) is 0.829. The average molecular weight is 279 g/mol. The van der Waals surface area contributed by atoms with Gasteiger partial charge in [0.05, 0.1) is 10.6 Å². The van der Waals surface area contributed by atoms with E-state index in [2.05, 4.69) is 0 Å². The van der Waals surface area contributed by atoms with Gasteiger partial charge in [-0.2, -0.15) is 4.31 Å². The minimum absolute atomic E-state index is 0.123. The molecule has 2 atom stereocenters. The second kappa shape index (κ2) is 4.44. The molecule has 0 aromatic heterocycles. The molecule has 0 aromatic rings. The van der Waals surface area contributed by atoms with Crippen LogP contribution in [0.15, 0.2) is 0 Å². The second-order valence-corrected chi connectivity index (χ2v) is 8.16. The van der Waals surface area contributed by atoms with Gasteiger partial charge in [0.25, 0.3) is 0 Å². The van der Waals surface area contributed by atoms with Crippen LogP contribution in [-0.2, 0) is 14.8 Å². The lowest BCUT2D eigenvalue weighted by atomic mass is 10.2. The van der Waals surface area contributed by atoms with Crippen molar-refractivity contribution < 1.29 is 18.3 Å². The third-order valence-electron chi connectivity index (χ3n) is 3.08. The molecular formula is C10H17NO4S2. The van der Waals surface area contributed by atoms with Crippen molar-refractivity contribution in [3.8, 4) is 0 Å². The lowest BCUT2D eigenvalue weighted by Crippen LogP contribution is -2.48. The maximum Gasteiger partial charge on any atom is 0.322 e. The van der Waals surface area contributed by atoms with Gasteiger partial charge in [-0.25, -0.2) is 8.42 Å². The number of carboxylic acid groups (broad SMARTS) is 1. The SMILES string of the molecule is CC(C)C1SCC(C(=O)O)N1S(=O)(=O)C1CC1. The van der Waals surface area contributed by atoms with Crippen molar-refractivity contribution in [1.29, 1.82) is 0 Å². The van der Waals surface area contributed by atoms with Crippen LogP contribution in [-0.4, -0.2) is 46.2 Å². The van der Waals surface area contributed by atoms with E-state index in [4.69, 9.17) is 5.11 Å². The number of nitrogens with zero attached hydrogens (tertiary/aromatic N) is 1. The van der Waals surface area contributed by atoms with Gasteiger partial charge >= 0.3 is 5.97 Å². The van der Waals surface area contributed by atoms with E-state index in [-0.39, 0.29) is 16.5 Å². The van der Waals surface area contributed by atoms with Crippen molar-refractivity contribution in [3.05, 3.63) is 0 Å². The van der Waals surface area contributed by atoms with Crippen molar-refractivity contribution in [2.24, 2.45) is 5.92 Å². The van der Waals surface area contributed by atoms with E-state index < -0.39 is 22.0 Å². The minimum atomic E-state index is -3.42. The molecule has 0 aromatic carbocycles. The normalized spacial score (nSPS) is 31.0. The zero-order chi connectivity index (χ0) is 12.8. The first-order valence-electron chi connectivity index (χ1n) is 5.72. The molecule has 0 amide bonds. The highest BCUT2D eigenvalue weighted by atomic mass is 32.2. The van der Waals surface area contributed by atoms with E-state index >= 15 is 0 Å². The molecule has 98 valence electrons. The van der Waals surface area contributed by atoms with Crippen LogP contribution in [0.2, 0.25) is 0 Å². The van der Waals surface area contributed by atoms with Crippen LogP contribution < -0.4 is 0 Å². The van der Waals surface area contributed by atoms with E-state index in [0.717, 1.165) is 0 Å². The Bertz CT molecular complexity index is 416. The number of sulfonamides is 1. The van der Waals surface area contributed by atoms with Crippen molar-refractivity contribution in [1.82, 2.24) is 4.31 Å². The smallest absolute Gasteiger partial charge is 0.322 e. The van der Waals surface area contributed by atoms with Crippen LogP contribution in [0.5, 0.6) is 0 Å². The zero-order valence-electron chi connectivity index (χ0n) is 9.87. The van der Waals surface area contributed by atoms with E-state index in [9.17, 15) is 13.2 Å². The van der Waals surface area contributed by atoms with Gasteiger partial charge in [0.2, 0.25) is 10.0 Å². The second-order valence-electron chi connectivity index (χ2n) is 4.90. The van der Waals surface area contributed by atoms with Crippen LogP contribution >= 0.6 is 11.8 Å². The van der Waals surface area contributed by atoms with E-state index in [1.165, 1.54) is 16.1 Å². The van der Waals surface area contributed by atoms with Crippen LogP contribution in [0, 0.1) is 5.92 Å². The van der Waals surface area contributed by atoms with Gasteiger partial charge in [0.1, 0.15) is 6.04 Å². The van der Waals surface area contributed by atoms with Crippen LogP contribution in [0.4, 0.5) is 0 Å². The molecule has 0 spiro atoms. The Morgan fingerprint density at radius 2 is 2.00 bits per heavy atom. The average Bonchev–Trinajstić information content (AvgIpc) is 2.95. The molecule has 7 heteroatoms. The van der Waals surface area contributed by atoms with Gasteiger partial charge in [-0.3, -0.25) is 4.79 Å². The summed E-state index contributed by atoms with van der Waals surface area (Å²) >= 11 is 1.43.